The van der Waals surface area contributed by atoms with Crippen molar-refractivity contribution in [2.75, 3.05) is 13.2 Å². The molecule has 0 aliphatic rings. The van der Waals surface area contributed by atoms with E-state index in [2.05, 4.69) is 15.4 Å². The maximum Gasteiger partial charge on any atom is 0.265 e. The molecule has 31 heavy (non-hydrogen) atoms. The van der Waals surface area contributed by atoms with Crippen LogP contribution in [0.4, 0.5) is 4.39 Å². The van der Waals surface area contributed by atoms with Crippen LogP contribution in [0.1, 0.15) is 16.8 Å². The molecule has 0 aliphatic carbocycles. The van der Waals surface area contributed by atoms with Crippen molar-refractivity contribution in [3.8, 4) is 22.8 Å². The van der Waals surface area contributed by atoms with Gasteiger partial charge in [0.1, 0.15) is 22.7 Å². The van der Waals surface area contributed by atoms with Gasteiger partial charge in [0.25, 0.3) is 5.91 Å². The van der Waals surface area contributed by atoms with E-state index in [-0.39, 0.29) is 11.7 Å². The predicted molar refractivity (Wildman–Crippen MR) is 117 cm³/mol. The third-order valence-corrected chi connectivity index (χ3v) is 5.40. The number of thiophene rings is 1. The lowest BCUT2D eigenvalue weighted by molar-refractivity contribution is 0.0953. The van der Waals surface area contributed by atoms with Crippen molar-refractivity contribution in [2.24, 2.45) is 5.84 Å². The highest BCUT2D eigenvalue weighted by Gasteiger charge is 2.14. The summed E-state index contributed by atoms with van der Waals surface area (Å²) in [4.78, 5) is 21.0. The number of amides is 1. The van der Waals surface area contributed by atoms with Crippen molar-refractivity contribution >= 4 is 27.5 Å². The van der Waals surface area contributed by atoms with Crippen LogP contribution in [0.15, 0.2) is 60.2 Å². The smallest absolute Gasteiger partial charge is 0.265 e. The number of fused-ring (bicyclic) bond motifs is 1. The van der Waals surface area contributed by atoms with Gasteiger partial charge in [-0.15, -0.1) is 11.3 Å². The molecule has 4 rings (SSSR count). The average Bonchev–Trinajstić information content (AvgIpc) is 3.24. The van der Waals surface area contributed by atoms with Gasteiger partial charge in [0, 0.05) is 22.9 Å². The van der Waals surface area contributed by atoms with Crippen molar-refractivity contribution in [3.05, 3.63) is 71.6 Å². The first kappa shape index (κ1) is 20.7. The van der Waals surface area contributed by atoms with Crippen LogP contribution >= 0.6 is 11.3 Å². The minimum absolute atomic E-state index is 0.287. The minimum atomic E-state index is -0.380. The Kier molecular flexibility index (Phi) is 6.34. The second kappa shape index (κ2) is 9.50. The van der Waals surface area contributed by atoms with Gasteiger partial charge in [-0.3, -0.25) is 10.2 Å². The molecule has 1 amide bonds. The highest BCUT2D eigenvalue weighted by Crippen LogP contribution is 2.37. The number of benzene rings is 2. The first-order chi connectivity index (χ1) is 15.2. The molecule has 2 heterocycles. The lowest BCUT2D eigenvalue weighted by atomic mass is 10.1. The first-order valence-corrected chi connectivity index (χ1v) is 10.4. The number of hydrazine groups is 1. The molecule has 0 spiro atoms. The molecule has 0 saturated heterocycles. The lowest BCUT2D eigenvalue weighted by Crippen LogP contribution is -2.29. The van der Waals surface area contributed by atoms with E-state index < -0.39 is 0 Å². The topological polar surface area (TPSA) is 99.4 Å². The second-order valence-electron chi connectivity index (χ2n) is 6.57. The molecule has 3 N–H and O–H groups in total. The fourth-order valence-electron chi connectivity index (χ4n) is 3.03. The molecule has 0 saturated carbocycles. The number of carbonyl (C=O) groups is 1. The molecule has 9 heteroatoms. The molecule has 2 aromatic carbocycles. The van der Waals surface area contributed by atoms with Gasteiger partial charge in [-0.05, 0) is 35.9 Å². The third-order valence-electron chi connectivity index (χ3n) is 4.51. The maximum atomic E-state index is 13.3. The fourth-order valence-corrected chi connectivity index (χ4v) is 3.93. The van der Waals surface area contributed by atoms with Gasteiger partial charge < -0.3 is 9.47 Å². The molecule has 4 aromatic rings. The standard InChI is InChI=1S/C22H19FN4O3S/c23-16-7-5-14(6-8-16)18-12-31-22-19(18)21(25-13-26-22)30-10-2-9-29-17-4-1-3-15(11-17)20(28)27-24/h1,3-8,11-13H,2,9-10,24H2,(H,27,28). The molecule has 0 bridgehead atoms. The Morgan fingerprint density at radius 3 is 2.71 bits per heavy atom. The van der Waals surface area contributed by atoms with Crippen LogP contribution in [0.25, 0.3) is 21.3 Å². The fraction of sp³-hybridized carbons (Fsp3) is 0.136. The van der Waals surface area contributed by atoms with E-state index in [1.165, 1.54) is 29.8 Å². The SMILES string of the molecule is NNC(=O)c1cccc(OCCCOc2ncnc3scc(-c4ccc(F)cc4)c23)c1. The molecule has 0 fully saturated rings. The molecule has 0 atom stereocenters. The Morgan fingerprint density at radius 1 is 1.10 bits per heavy atom. The zero-order chi connectivity index (χ0) is 21.6. The van der Waals surface area contributed by atoms with E-state index in [1.807, 2.05) is 5.38 Å². The number of nitrogens with one attached hydrogen (secondary N) is 1. The maximum absolute atomic E-state index is 13.3. The monoisotopic (exact) mass is 438 g/mol. The van der Waals surface area contributed by atoms with Crippen LogP contribution in [0.5, 0.6) is 11.6 Å². The summed E-state index contributed by atoms with van der Waals surface area (Å²) in [7, 11) is 0. The zero-order valence-corrected chi connectivity index (χ0v) is 17.2. The Labute approximate surface area is 181 Å². The van der Waals surface area contributed by atoms with Gasteiger partial charge in [0.05, 0.1) is 18.6 Å². The summed E-state index contributed by atoms with van der Waals surface area (Å²) in [5, 5.41) is 2.77. The van der Waals surface area contributed by atoms with Gasteiger partial charge in [-0.1, -0.05) is 18.2 Å². The summed E-state index contributed by atoms with van der Waals surface area (Å²) in [6, 6.07) is 13.1. The van der Waals surface area contributed by atoms with Crippen molar-refractivity contribution < 1.29 is 18.7 Å². The number of nitrogens with zero attached hydrogens (tertiary/aromatic N) is 2. The van der Waals surface area contributed by atoms with E-state index >= 15 is 0 Å². The minimum Gasteiger partial charge on any atom is -0.493 e. The first-order valence-electron chi connectivity index (χ1n) is 9.50. The summed E-state index contributed by atoms with van der Waals surface area (Å²) < 4.78 is 24.9. The highest BCUT2D eigenvalue weighted by molar-refractivity contribution is 7.17. The quantitative estimate of drug-likeness (QED) is 0.187. The highest BCUT2D eigenvalue weighted by atomic mass is 32.1. The number of aromatic nitrogens is 2. The van der Waals surface area contributed by atoms with Crippen LogP contribution in [0, 0.1) is 5.82 Å². The van der Waals surface area contributed by atoms with Gasteiger partial charge in [0.2, 0.25) is 5.88 Å². The van der Waals surface area contributed by atoms with Crippen LogP contribution in [-0.2, 0) is 0 Å². The zero-order valence-electron chi connectivity index (χ0n) is 16.4. The number of halogens is 1. The number of hydrogen-bond donors (Lipinski definition) is 2. The van der Waals surface area contributed by atoms with Crippen molar-refractivity contribution in [2.45, 2.75) is 6.42 Å². The van der Waals surface area contributed by atoms with E-state index in [0.717, 1.165) is 21.3 Å². The number of ether oxygens (including phenoxy) is 2. The summed E-state index contributed by atoms with van der Waals surface area (Å²) in [5.41, 5.74) is 4.29. The Balaban J connectivity index is 1.39. The Hall–Kier alpha value is -3.56. The van der Waals surface area contributed by atoms with Gasteiger partial charge in [-0.2, -0.15) is 0 Å². The van der Waals surface area contributed by atoms with Gasteiger partial charge >= 0.3 is 0 Å². The van der Waals surface area contributed by atoms with Gasteiger partial charge in [0.15, 0.2) is 0 Å². The van der Waals surface area contributed by atoms with Crippen LogP contribution in [-0.4, -0.2) is 29.1 Å². The molecule has 0 aliphatic heterocycles. The molecule has 7 nitrogen and oxygen atoms in total. The number of rotatable bonds is 8. The third kappa shape index (κ3) is 4.79. The van der Waals surface area contributed by atoms with E-state index in [0.29, 0.717) is 36.8 Å². The number of hydrogen-bond acceptors (Lipinski definition) is 7. The average molecular weight is 438 g/mol. The number of nitrogen functional groups attached to an aromatic ring is 1. The molecular weight excluding hydrogens is 419 g/mol. The molecule has 158 valence electrons. The van der Waals surface area contributed by atoms with E-state index in [9.17, 15) is 9.18 Å². The molecule has 2 aromatic heterocycles. The van der Waals surface area contributed by atoms with Crippen LogP contribution in [0.2, 0.25) is 0 Å². The summed E-state index contributed by atoms with van der Waals surface area (Å²) in [6.07, 6.45) is 2.07. The normalized spacial score (nSPS) is 10.8. The van der Waals surface area contributed by atoms with Crippen molar-refractivity contribution in [3.63, 3.8) is 0 Å². The Bertz CT molecular complexity index is 1200. The predicted octanol–water partition coefficient (Wildman–Crippen LogP) is 3.95. The number of nitrogens with two attached hydrogens (primary N) is 1. The second-order valence-corrected chi connectivity index (χ2v) is 7.43. The summed E-state index contributed by atoms with van der Waals surface area (Å²) in [5.74, 6) is 5.53. The summed E-state index contributed by atoms with van der Waals surface area (Å²) in [6.45, 7) is 0.782. The summed E-state index contributed by atoms with van der Waals surface area (Å²) >= 11 is 1.48. The molecule has 0 unspecified atom stereocenters. The van der Waals surface area contributed by atoms with Crippen LogP contribution in [0.3, 0.4) is 0 Å². The largest absolute Gasteiger partial charge is 0.493 e. The Morgan fingerprint density at radius 2 is 1.90 bits per heavy atom. The van der Waals surface area contributed by atoms with Crippen LogP contribution < -0.4 is 20.7 Å². The van der Waals surface area contributed by atoms with Crippen molar-refractivity contribution in [1.82, 2.24) is 15.4 Å². The van der Waals surface area contributed by atoms with E-state index in [4.69, 9.17) is 15.3 Å². The van der Waals surface area contributed by atoms with Crippen molar-refractivity contribution in [1.29, 1.82) is 0 Å². The molecular formula is C22H19FN4O3S. The van der Waals surface area contributed by atoms with Gasteiger partial charge in [-0.25, -0.2) is 20.2 Å². The number of carbonyl (C=O) groups excluding carboxylic acids is 1. The lowest BCUT2D eigenvalue weighted by Gasteiger charge is -2.10. The molecule has 0 radical (unpaired) electrons. The van der Waals surface area contributed by atoms with E-state index in [1.54, 1.807) is 36.4 Å².